The van der Waals surface area contributed by atoms with Gasteiger partial charge in [0.15, 0.2) is 0 Å². The van der Waals surface area contributed by atoms with Gasteiger partial charge in [0.2, 0.25) is 5.13 Å². The SMILES string of the molecule is CC1CCC(OCc2nnc(N)s2)CC1C. The maximum Gasteiger partial charge on any atom is 0.203 e. The Morgan fingerprint density at radius 2 is 2.12 bits per heavy atom. The molecule has 0 spiro atoms. The Morgan fingerprint density at radius 3 is 2.75 bits per heavy atom. The fourth-order valence-corrected chi connectivity index (χ4v) is 2.70. The summed E-state index contributed by atoms with van der Waals surface area (Å²) in [7, 11) is 0. The lowest BCUT2D eigenvalue weighted by atomic mass is 9.80. The summed E-state index contributed by atoms with van der Waals surface area (Å²) in [6.07, 6.45) is 3.98. The van der Waals surface area contributed by atoms with Crippen LogP contribution in [0.15, 0.2) is 0 Å². The van der Waals surface area contributed by atoms with Crippen molar-refractivity contribution in [3.8, 4) is 0 Å². The number of nitrogens with two attached hydrogens (primary N) is 1. The number of ether oxygens (including phenoxy) is 1. The van der Waals surface area contributed by atoms with E-state index in [0.717, 1.165) is 23.3 Å². The van der Waals surface area contributed by atoms with Crippen molar-refractivity contribution in [3.05, 3.63) is 5.01 Å². The fraction of sp³-hybridized carbons (Fsp3) is 0.818. The van der Waals surface area contributed by atoms with Crippen molar-refractivity contribution in [3.63, 3.8) is 0 Å². The highest BCUT2D eigenvalue weighted by Crippen LogP contribution is 2.31. The molecule has 1 aliphatic carbocycles. The van der Waals surface area contributed by atoms with E-state index in [1.807, 2.05) is 0 Å². The molecule has 1 fully saturated rings. The van der Waals surface area contributed by atoms with Crippen molar-refractivity contribution in [1.82, 2.24) is 10.2 Å². The van der Waals surface area contributed by atoms with Crippen LogP contribution in [-0.2, 0) is 11.3 Å². The predicted octanol–water partition coefficient (Wildman–Crippen LogP) is 2.46. The number of hydrogen-bond acceptors (Lipinski definition) is 5. The standard InChI is InChI=1S/C11H19N3OS/c1-7-3-4-9(5-8(7)2)15-6-10-13-14-11(12)16-10/h7-9H,3-6H2,1-2H3,(H2,12,14). The van der Waals surface area contributed by atoms with Crippen molar-refractivity contribution >= 4 is 16.5 Å². The van der Waals surface area contributed by atoms with Gasteiger partial charge < -0.3 is 10.5 Å². The third-order valence-electron chi connectivity index (χ3n) is 3.48. The number of hydrogen-bond donors (Lipinski definition) is 1. The Kier molecular flexibility index (Phi) is 3.76. The highest BCUT2D eigenvalue weighted by Gasteiger charge is 2.25. The normalized spacial score (nSPS) is 30.5. The molecular formula is C11H19N3OS. The minimum atomic E-state index is 0.385. The molecular weight excluding hydrogens is 222 g/mol. The van der Waals surface area contributed by atoms with Crippen LogP contribution in [0.25, 0.3) is 0 Å². The van der Waals surface area contributed by atoms with Gasteiger partial charge in [0.1, 0.15) is 11.6 Å². The Hall–Kier alpha value is -0.680. The molecule has 2 N–H and O–H groups in total. The molecule has 1 aromatic heterocycles. The third-order valence-corrected chi connectivity index (χ3v) is 4.20. The topological polar surface area (TPSA) is 61.0 Å². The van der Waals surface area contributed by atoms with Gasteiger partial charge in [-0.1, -0.05) is 25.2 Å². The van der Waals surface area contributed by atoms with Crippen LogP contribution < -0.4 is 5.73 Å². The van der Waals surface area contributed by atoms with E-state index in [9.17, 15) is 0 Å². The summed E-state index contributed by atoms with van der Waals surface area (Å²) in [6, 6.07) is 0. The van der Waals surface area contributed by atoms with E-state index in [1.54, 1.807) is 0 Å². The second kappa shape index (κ2) is 5.10. The minimum absolute atomic E-state index is 0.385. The molecule has 3 unspecified atom stereocenters. The zero-order valence-corrected chi connectivity index (χ0v) is 10.7. The monoisotopic (exact) mass is 241 g/mol. The number of nitrogen functional groups attached to an aromatic ring is 1. The molecule has 2 rings (SSSR count). The first kappa shape index (κ1) is 11.8. The Bertz CT molecular complexity index is 342. The van der Waals surface area contributed by atoms with E-state index in [2.05, 4.69) is 24.0 Å². The van der Waals surface area contributed by atoms with Gasteiger partial charge in [-0.2, -0.15) is 0 Å². The summed E-state index contributed by atoms with van der Waals surface area (Å²) in [5.41, 5.74) is 5.52. The molecule has 0 saturated heterocycles. The van der Waals surface area contributed by atoms with Crippen LogP contribution in [0.4, 0.5) is 5.13 Å². The first-order valence-corrected chi connectivity index (χ1v) is 6.66. The van der Waals surface area contributed by atoms with E-state index >= 15 is 0 Å². The van der Waals surface area contributed by atoms with Gasteiger partial charge in [0, 0.05) is 0 Å². The average molecular weight is 241 g/mol. The highest BCUT2D eigenvalue weighted by molar-refractivity contribution is 7.15. The van der Waals surface area contributed by atoms with Gasteiger partial charge in [0.05, 0.1) is 6.10 Å². The van der Waals surface area contributed by atoms with Crippen LogP contribution in [0.2, 0.25) is 0 Å². The molecule has 0 radical (unpaired) electrons. The molecule has 0 bridgehead atoms. The molecule has 0 aromatic carbocycles. The largest absolute Gasteiger partial charge is 0.374 e. The second-order valence-corrected chi connectivity index (χ2v) is 5.83. The lowest BCUT2D eigenvalue weighted by Gasteiger charge is -2.31. The van der Waals surface area contributed by atoms with Crippen LogP contribution in [0, 0.1) is 11.8 Å². The van der Waals surface area contributed by atoms with Crippen molar-refractivity contribution < 1.29 is 4.74 Å². The lowest BCUT2D eigenvalue weighted by molar-refractivity contribution is -0.00768. The summed E-state index contributed by atoms with van der Waals surface area (Å²) in [6.45, 7) is 5.19. The van der Waals surface area contributed by atoms with Gasteiger partial charge in [0.25, 0.3) is 0 Å². The first-order chi connectivity index (χ1) is 7.65. The average Bonchev–Trinajstić information content (AvgIpc) is 2.66. The molecule has 16 heavy (non-hydrogen) atoms. The maximum absolute atomic E-state index is 5.85. The van der Waals surface area contributed by atoms with Crippen molar-refractivity contribution in [1.29, 1.82) is 0 Å². The summed E-state index contributed by atoms with van der Waals surface area (Å²) in [5.74, 6) is 1.59. The molecule has 0 amide bonds. The molecule has 1 aliphatic rings. The molecule has 0 aliphatic heterocycles. The zero-order chi connectivity index (χ0) is 11.5. The summed E-state index contributed by atoms with van der Waals surface area (Å²) in [4.78, 5) is 0. The van der Waals surface area contributed by atoms with Crippen LogP contribution in [0.1, 0.15) is 38.1 Å². The molecule has 4 nitrogen and oxygen atoms in total. The maximum atomic E-state index is 5.85. The van der Waals surface area contributed by atoms with Gasteiger partial charge in [-0.05, 0) is 31.1 Å². The van der Waals surface area contributed by atoms with Crippen molar-refractivity contribution in [2.24, 2.45) is 11.8 Å². The smallest absolute Gasteiger partial charge is 0.203 e. The van der Waals surface area contributed by atoms with E-state index in [0.29, 0.717) is 17.8 Å². The number of aromatic nitrogens is 2. The summed E-state index contributed by atoms with van der Waals surface area (Å²) >= 11 is 1.41. The van der Waals surface area contributed by atoms with Gasteiger partial charge >= 0.3 is 0 Å². The summed E-state index contributed by atoms with van der Waals surface area (Å²) < 4.78 is 5.85. The van der Waals surface area contributed by atoms with Crippen LogP contribution in [0.5, 0.6) is 0 Å². The second-order valence-electron chi connectivity index (χ2n) is 4.73. The van der Waals surface area contributed by atoms with Crippen LogP contribution in [-0.4, -0.2) is 16.3 Å². The first-order valence-electron chi connectivity index (χ1n) is 5.84. The fourth-order valence-electron chi connectivity index (χ4n) is 2.16. The highest BCUT2D eigenvalue weighted by atomic mass is 32.1. The van der Waals surface area contributed by atoms with Crippen molar-refractivity contribution in [2.75, 3.05) is 5.73 Å². The Labute approximate surface area is 100 Å². The van der Waals surface area contributed by atoms with Gasteiger partial charge in [-0.15, -0.1) is 10.2 Å². The van der Waals surface area contributed by atoms with E-state index < -0.39 is 0 Å². The number of rotatable bonds is 3. The lowest BCUT2D eigenvalue weighted by Crippen LogP contribution is -2.26. The molecule has 90 valence electrons. The van der Waals surface area contributed by atoms with E-state index in [1.165, 1.54) is 24.2 Å². The van der Waals surface area contributed by atoms with Crippen LogP contribution in [0.3, 0.4) is 0 Å². The number of nitrogens with zero attached hydrogens (tertiary/aromatic N) is 2. The third kappa shape index (κ3) is 2.92. The van der Waals surface area contributed by atoms with Gasteiger partial charge in [-0.3, -0.25) is 0 Å². The molecule has 1 heterocycles. The summed E-state index contributed by atoms with van der Waals surface area (Å²) in [5, 5.41) is 9.12. The van der Waals surface area contributed by atoms with E-state index in [4.69, 9.17) is 10.5 Å². The van der Waals surface area contributed by atoms with E-state index in [-0.39, 0.29) is 0 Å². The number of anilines is 1. The van der Waals surface area contributed by atoms with Crippen LogP contribution >= 0.6 is 11.3 Å². The Balaban J connectivity index is 1.78. The van der Waals surface area contributed by atoms with Crippen molar-refractivity contribution in [2.45, 2.75) is 45.8 Å². The molecule has 1 aromatic rings. The Morgan fingerprint density at radius 1 is 1.31 bits per heavy atom. The van der Waals surface area contributed by atoms with Gasteiger partial charge in [-0.25, -0.2) is 0 Å². The molecule has 5 heteroatoms. The quantitative estimate of drug-likeness (QED) is 0.883. The molecule has 1 saturated carbocycles. The zero-order valence-electron chi connectivity index (χ0n) is 9.85. The molecule has 3 atom stereocenters. The minimum Gasteiger partial charge on any atom is -0.374 e. The predicted molar refractivity (Wildman–Crippen MR) is 65.1 cm³/mol.